The van der Waals surface area contributed by atoms with Crippen LogP contribution < -0.4 is 14.2 Å². The van der Waals surface area contributed by atoms with Gasteiger partial charge in [0.05, 0.1) is 25.5 Å². The van der Waals surface area contributed by atoms with Crippen LogP contribution in [0.15, 0.2) is 41.3 Å². The molecule has 0 N–H and O–H groups in total. The maximum absolute atomic E-state index is 13.0. The van der Waals surface area contributed by atoms with Crippen LogP contribution in [0.25, 0.3) is 0 Å². The molecule has 1 fully saturated rings. The number of aryl methyl sites for hydroxylation is 1. The lowest BCUT2D eigenvalue weighted by molar-refractivity contribution is 0.00538. The third-order valence-electron chi connectivity index (χ3n) is 5.88. The van der Waals surface area contributed by atoms with Gasteiger partial charge in [0.25, 0.3) is 0 Å². The van der Waals surface area contributed by atoms with Crippen molar-refractivity contribution in [2.45, 2.75) is 36.7 Å². The van der Waals surface area contributed by atoms with Gasteiger partial charge in [0, 0.05) is 38.1 Å². The van der Waals surface area contributed by atoms with Gasteiger partial charge in [-0.3, -0.25) is 4.79 Å². The van der Waals surface area contributed by atoms with Crippen molar-refractivity contribution in [3.05, 3.63) is 47.5 Å². The van der Waals surface area contributed by atoms with Crippen molar-refractivity contribution in [3.8, 4) is 17.2 Å². The Kier molecular flexibility index (Phi) is 5.23. The Morgan fingerprint density at radius 3 is 2.30 bits per heavy atom. The van der Waals surface area contributed by atoms with Gasteiger partial charge in [-0.2, -0.15) is 4.31 Å². The van der Waals surface area contributed by atoms with Gasteiger partial charge >= 0.3 is 0 Å². The molecule has 0 aliphatic carbocycles. The molecule has 1 saturated heterocycles. The third kappa shape index (κ3) is 3.54. The number of piperidine rings is 1. The lowest BCUT2D eigenvalue weighted by Gasteiger charge is -2.43. The van der Waals surface area contributed by atoms with Crippen LogP contribution in [-0.2, 0) is 10.0 Å². The zero-order valence-corrected chi connectivity index (χ0v) is 18.1. The second-order valence-electron chi connectivity index (χ2n) is 7.80. The molecule has 2 aliphatic heterocycles. The van der Waals surface area contributed by atoms with Crippen LogP contribution in [0.4, 0.5) is 0 Å². The first-order valence-corrected chi connectivity index (χ1v) is 11.3. The number of ketones is 1. The molecule has 2 aromatic carbocycles. The summed E-state index contributed by atoms with van der Waals surface area (Å²) in [5, 5.41) is 0. The minimum absolute atomic E-state index is 0.0643. The van der Waals surface area contributed by atoms with E-state index >= 15 is 0 Å². The molecule has 0 amide bonds. The van der Waals surface area contributed by atoms with E-state index in [9.17, 15) is 13.2 Å². The highest BCUT2D eigenvalue weighted by Gasteiger charge is 2.46. The van der Waals surface area contributed by atoms with Crippen molar-refractivity contribution in [2.24, 2.45) is 0 Å². The van der Waals surface area contributed by atoms with E-state index in [1.165, 1.54) is 18.5 Å². The molecular weight excluding hydrogens is 406 g/mol. The molecule has 8 heteroatoms. The first-order chi connectivity index (χ1) is 14.3. The number of nitrogens with zero attached hydrogens (tertiary/aromatic N) is 1. The standard InChI is InChI=1S/C22H25NO6S/c1-15-4-6-17(7-5-15)30(25,26)23-10-8-22(9-11-23)14-18(24)21-19(28-3)12-16(27-2)13-20(21)29-22/h4-7,12-13H,8-11,14H2,1-3H3. The highest BCUT2D eigenvalue weighted by molar-refractivity contribution is 7.89. The van der Waals surface area contributed by atoms with Crippen LogP contribution in [0.1, 0.15) is 35.2 Å². The number of hydrogen-bond donors (Lipinski definition) is 0. The van der Waals surface area contributed by atoms with Gasteiger partial charge in [-0.25, -0.2) is 8.42 Å². The predicted octanol–water partition coefficient (Wildman–Crippen LogP) is 3.20. The molecule has 0 aromatic heterocycles. The Bertz CT molecular complexity index is 1070. The smallest absolute Gasteiger partial charge is 0.243 e. The summed E-state index contributed by atoms with van der Waals surface area (Å²) in [6.07, 6.45) is 1.06. The van der Waals surface area contributed by atoms with E-state index in [1.807, 2.05) is 6.92 Å². The molecule has 0 radical (unpaired) electrons. The number of carbonyl (C=O) groups is 1. The maximum atomic E-state index is 13.0. The predicted molar refractivity (Wildman–Crippen MR) is 111 cm³/mol. The van der Waals surface area contributed by atoms with Gasteiger partial charge in [-0.1, -0.05) is 17.7 Å². The Morgan fingerprint density at radius 2 is 1.70 bits per heavy atom. The van der Waals surface area contributed by atoms with E-state index in [-0.39, 0.29) is 17.1 Å². The van der Waals surface area contributed by atoms with Crippen LogP contribution in [-0.4, -0.2) is 51.4 Å². The van der Waals surface area contributed by atoms with Crippen LogP contribution in [0, 0.1) is 6.92 Å². The number of ether oxygens (including phenoxy) is 3. The zero-order valence-electron chi connectivity index (χ0n) is 17.3. The van der Waals surface area contributed by atoms with E-state index < -0.39 is 15.6 Å². The molecule has 0 unspecified atom stereocenters. The van der Waals surface area contributed by atoms with Crippen LogP contribution in [0.5, 0.6) is 17.2 Å². The van der Waals surface area contributed by atoms with Crippen molar-refractivity contribution in [1.82, 2.24) is 4.31 Å². The van der Waals surface area contributed by atoms with Crippen molar-refractivity contribution in [2.75, 3.05) is 27.3 Å². The average Bonchev–Trinajstić information content (AvgIpc) is 2.73. The first kappa shape index (κ1) is 20.7. The second-order valence-corrected chi connectivity index (χ2v) is 9.74. The van der Waals surface area contributed by atoms with E-state index in [2.05, 4.69) is 0 Å². The van der Waals surface area contributed by atoms with Crippen LogP contribution in [0.3, 0.4) is 0 Å². The molecule has 2 aliphatic rings. The Balaban J connectivity index is 1.57. The fourth-order valence-electron chi connectivity index (χ4n) is 4.12. The Hall–Kier alpha value is -2.58. The van der Waals surface area contributed by atoms with E-state index in [0.717, 1.165) is 5.56 Å². The second kappa shape index (κ2) is 7.59. The van der Waals surface area contributed by atoms with E-state index in [1.54, 1.807) is 36.4 Å². The van der Waals surface area contributed by atoms with Gasteiger partial charge in [0.1, 0.15) is 28.4 Å². The first-order valence-electron chi connectivity index (χ1n) is 9.83. The molecule has 30 heavy (non-hydrogen) atoms. The highest BCUT2D eigenvalue weighted by Crippen LogP contribution is 2.45. The molecule has 7 nitrogen and oxygen atoms in total. The summed E-state index contributed by atoms with van der Waals surface area (Å²) in [5.74, 6) is 1.32. The topological polar surface area (TPSA) is 82.1 Å². The molecule has 2 heterocycles. The fourth-order valence-corrected chi connectivity index (χ4v) is 5.56. The van der Waals surface area contributed by atoms with Crippen molar-refractivity contribution in [1.29, 1.82) is 0 Å². The molecule has 0 bridgehead atoms. The number of Topliss-reactive ketones (excluding diaryl/α,β-unsaturated/α-hetero) is 1. The van der Waals surface area contributed by atoms with Gasteiger partial charge in [0.15, 0.2) is 5.78 Å². The molecule has 0 atom stereocenters. The number of rotatable bonds is 4. The summed E-state index contributed by atoms with van der Waals surface area (Å²) in [6, 6.07) is 10.2. The van der Waals surface area contributed by atoms with E-state index in [0.29, 0.717) is 48.7 Å². The number of hydrogen-bond acceptors (Lipinski definition) is 6. The molecule has 0 saturated carbocycles. The van der Waals surface area contributed by atoms with Crippen molar-refractivity contribution < 1.29 is 27.4 Å². The van der Waals surface area contributed by atoms with Crippen LogP contribution >= 0.6 is 0 Å². The number of sulfonamides is 1. The van der Waals surface area contributed by atoms with Gasteiger partial charge < -0.3 is 14.2 Å². The maximum Gasteiger partial charge on any atom is 0.243 e. The van der Waals surface area contributed by atoms with E-state index in [4.69, 9.17) is 14.2 Å². The van der Waals surface area contributed by atoms with Gasteiger partial charge in [-0.05, 0) is 19.1 Å². The summed E-state index contributed by atoms with van der Waals surface area (Å²) in [6.45, 7) is 2.50. The number of benzene rings is 2. The number of fused-ring (bicyclic) bond motifs is 1. The minimum atomic E-state index is -3.58. The summed E-state index contributed by atoms with van der Waals surface area (Å²) < 4.78 is 44.4. The normalized spacial score (nSPS) is 18.6. The van der Waals surface area contributed by atoms with Gasteiger partial charge in [0.2, 0.25) is 10.0 Å². The summed E-state index contributed by atoms with van der Waals surface area (Å²) in [4.78, 5) is 13.2. The SMILES string of the molecule is COc1cc(OC)c2c(c1)OC1(CCN(S(=O)(=O)c3ccc(C)cc3)CC1)CC2=O. The largest absolute Gasteiger partial charge is 0.496 e. The molecule has 4 rings (SSSR count). The summed E-state index contributed by atoms with van der Waals surface area (Å²) in [5.41, 5.74) is 0.699. The summed E-state index contributed by atoms with van der Waals surface area (Å²) in [7, 11) is -0.538. The molecular formula is C22H25NO6S. The number of carbonyl (C=O) groups excluding carboxylic acids is 1. The van der Waals surface area contributed by atoms with Crippen molar-refractivity contribution in [3.63, 3.8) is 0 Å². The Morgan fingerprint density at radius 1 is 1.03 bits per heavy atom. The monoisotopic (exact) mass is 431 g/mol. The molecule has 1 spiro atoms. The zero-order chi connectivity index (χ0) is 21.5. The number of methoxy groups -OCH3 is 2. The minimum Gasteiger partial charge on any atom is -0.496 e. The fraction of sp³-hybridized carbons (Fsp3) is 0.409. The van der Waals surface area contributed by atoms with Crippen molar-refractivity contribution >= 4 is 15.8 Å². The quantitative estimate of drug-likeness (QED) is 0.739. The molecule has 2 aromatic rings. The average molecular weight is 432 g/mol. The third-order valence-corrected chi connectivity index (χ3v) is 7.79. The highest BCUT2D eigenvalue weighted by atomic mass is 32.2. The molecule has 160 valence electrons. The Labute approximate surface area is 176 Å². The van der Waals surface area contributed by atoms with Gasteiger partial charge in [-0.15, -0.1) is 0 Å². The lowest BCUT2D eigenvalue weighted by Crippen LogP contribution is -2.52. The lowest BCUT2D eigenvalue weighted by atomic mass is 9.82. The van der Waals surface area contributed by atoms with Crippen LogP contribution in [0.2, 0.25) is 0 Å². The summed E-state index contributed by atoms with van der Waals surface area (Å²) >= 11 is 0.